The third-order valence-electron chi connectivity index (χ3n) is 1.87. The van der Waals surface area contributed by atoms with E-state index in [-0.39, 0.29) is 16.5 Å². The van der Waals surface area contributed by atoms with Crippen molar-refractivity contribution in [1.82, 2.24) is 0 Å². The summed E-state index contributed by atoms with van der Waals surface area (Å²) in [6, 6.07) is 2.58. The number of hydrogen-bond acceptors (Lipinski definition) is 4. The van der Waals surface area contributed by atoms with Crippen molar-refractivity contribution < 1.29 is 13.9 Å². The molecule has 0 atom stereocenters. The van der Waals surface area contributed by atoms with Crippen LogP contribution in [0.4, 0.5) is 10.1 Å². The van der Waals surface area contributed by atoms with E-state index >= 15 is 0 Å². The zero-order valence-corrected chi connectivity index (χ0v) is 10.2. The molecule has 1 rings (SSSR count). The van der Waals surface area contributed by atoms with E-state index in [1.807, 2.05) is 13.8 Å². The molecule has 0 aliphatic rings. The third kappa shape index (κ3) is 2.88. The fourth-order valence-electron chi connectivity index (χ4n) is 1.20. The lowest BCUT2D eigenvalue weighted by Crippen LogP contribution is -2.07. The molecule has 0 saturated heterocycles. The highest BCUT2D eigenvalue weighted by molar-refractivity contribution is 7.99. The summed E-state index contributed by atoms with van der Waals surface area (Å²) in [5, 5.41) is 0.226. The molecule has 0 spiro atoms. The van der Waals surface area contributed by atoms with Gasteiger partial charge in [0.1, 0.15) is 5.82 Å². The van der Waals surface area contributed by atoms with Crippen LogP contribution in [0, 0.1) is 5.82 Å². The van der Waals surface area contributed by atoms with Gasteiger partial charge in [0.15, 0.2) is 0 Å². The van der Waals surface area contributed by atoms with Crippen LogP contribution in [-0.2, 0) is 4.74 Å². The summed E-state index contributed by atoms with van der Waals surface area (Å²) >= 11 is 1.34. The first-order valence-corrected chi connectivity index (χ1v) is 5.67. The molecule has 1 aromatic rings. The molecular formula is C11H14FNO2S. The average Bonchev–Trinajstić information content (AvgIpc) is 2.20. The molecule has 0 fully saturated rings. The first kappa shape index (κ1) is 12.8. The molecule has 0 unspecified atom stereocenters. The van der Waals surface area contributed by atoms with Gasteiger partial charge in [-0.1, -0.05) is 13.8 Å². The van der Waals surface area contributed by atoms with Crippen molar-refractivity contribution in [3.8, 4) is 0 Å². The number of hydrogen-bond donors (Lipinski definition) is 1. The summed E-state index contributed by atoms with van der Waals surface area (Å²) in [6.45, 7) is 3.89. The van der Waals surface area contributed by atoms with E-state index in [1.165, 1.54) is 24.9 Å². The highest BCUT2D eigenvalue weighted by Gasteiger charge is 2.15. The first-order valence-electron chi connectivity index (χ1n) is 4.79. The second kappa shape index (κ2) is 5.21. The maximum absolute atomic E-state index is 13.5. The SMILES string of the molecule is COC(=O)c1cc(SC(C)C)c(F)cc1N. The maximum Gasteiger partial charge on any atom is 0.339 e. The number of methoxy groups -OCH3 is 1. The number of benzene rings is 1. The number of ether oxygens (including phenoxy) is 1. The van der Waals surface area contributed by atoms with Crippen molar-refractivity contribution in [3.05, 3.63) is 23.5 Å². The summed E-state index contributed by atoms with van der Waals surface area (Å²) < 4.78 is 18.1. The third-order valence-corrected chi connectivity index (χ3v) is 2.91. The normalized spacial score (nSPS) is 10.6. The molecule has 3 nitrogen and oxygen atoms in total. The first-order chi connectivity index (χ1) is 7.45. The fraction of sp³-hybridized carbons (Fsp3) is 0.364. The Morgan fingerprint density at radius 1 is 1.50 bits per heavy atom. The smallest absolute Gasteiger partial charge is 0.339 e. The number of carbonyl (C=O) groups is 1. The molecule has 0 aliphatic heterocycles. The molecule has 0 saturated carbocycles. The average molecular weight is 243 g/mol. The quantitative estimate of drug-likeness (QED) is 0.504. The number of thioether (sulfide) groups is 1. The largest absolute Gasteiger partial charge is 0.465 e. The van der Waals surface area contributed by atoms with Gasteiger partial charge in [-0.15, -0.1) is 11.8 Å². The molecule has 0 bridgehead atoms. The van der Waals surface area contributed by atoms with Crippen molar-refractivity contribution in [1.29, 1.82) is 0 Å². The molecule has 2 N–H and O–H groups in total. The molecule has 88 valence electrons. The van der Waals surface area contributed by atoms with Gasteiger partial charge in [-0.3, -0.25) is 0 Å². The van der Waals surface area contributed by atoms with Crippen molar-refractivity contribution in [3.63, 3.8) is 0 Å². The maximum atomic E-state index is 13.5. The Hall–Kier alpha value is -1.23. The summed E-state index contributed by atoms with van der Waals surface area (Å²) in [7, 11) is 1.26. The van der Waals surface area contributed by atoms with E-state index in [4.69, 9.17) is 5.73 Å². The van der Waals surface area contributed by atoms with Crippen LogP contribution in [0.3, 0.4) is 0 Å². The van der Waals surface area contributed by atoms with Gasteiger partial charge in [-0.2, -0.15) is 0 Å². The summed E-state index contributed by atoms with van der Waals surface area (Å²) in [4.78, 5) is 11.8. The van der Waals surface area contributed by atoms with E-state index in [1.54, 1.807) is 0 Å². The zero-order valence-electron chi connectivity index (χ0n) is 9.41. The van der Waals surface area contributed by atoms with Crippen LogP contribution in [0.15, 0.2) is 17.0 Å². The van der Waals surface area contributed by atoms with Gasteiger partial charge in [-0.25, -0.2) is 9.18 Å². The Kier molecular flexibility index (Phi) is 4.18. The molecule has 0 amide bonds. The highest BCUT2D eigenvalue weighted by atomic mass is 32.2. The van der Waals surface area contributed by atoms with E-state index in [9.17, 15) is 9.18 Å². The predicted octanol–water partition coefficient (Wildman–Crippen LogP) is 2.70. The Bertz CT molecular complexity index is 407. The molecule has 1 aromatic carbocycles. The van der Waals surface area contributed by atoms with Crippen molar-refractivity contribution in [2.45, 2.75) is 24.0 Å². The summed E-state index contributed by atoms with van der Waals surface area (Å²) in [6.07, 6.45) is 0. The molecule has 5 heteroatoms. The van der Waals surface area contributed by atoms with Crippen LogP contribution in [0.5, 0.6) is 0 Å². The second-order valence-corrected chi connectivity index (χ2v) is 5.15. The van der Waals surface area contributed by atoms with Crippen molar-refractivity contribution in [2.75, 3.05) is 12.8 Å². The van der Waals surface area contributed by atoms with Crippen molar-refractivity contribution >= 4 is 23.4 Å². The molecule has 0 heterocycles. The van der Waals surface area contributed by atoms with E-state index in [2.05, 4.69) is 4.74 Å². The Morgan fingerprint density at radius 2 is 2.12 bits per heavy atom. The van der Waals surface area contributed by atoms with Crippen LogP contribution in [0.25, 0.3) is 0 Å². The lowest BCUT2D eigenvalue weighted by atomic mass is 10.2. The molecule has 16 heavy (non-hydrogen) atoms. The minimum absolute atomic E-state index is 0.0949. The van der Waals surface area contributed by atoms with Crippen LogP contribution >= 0.6 is 11.8 Å². The zero-order chi connectivity index (χ0) is 12.3. The van der Waals surface area contributed by atoms with Gasteiger partial charge >= 0.3 is 5.97 Å². The van der Waals surface area contributed by atoms with E-state index in [0.29, 0.717) is 4.90 Å². The number of esters is 1. The van der Waals surface area contributed by atoms with Gasteiger partial charge in [0, 0.05) is 15.8 Å². The molecule has 0 radical (unpaired) electrons. The predicted molar refractivity (Wildman–Crippen MR) is 63.1 cm³/mol. The number of anilines is 1. The monoisotopic (exact) mass is 243 g/mol. The van der Waals surface area contributed by atoms with Gasteiger partial charge < -0.3 is 10.5 Å². The van der Waals surface area contributed by atoms with E-state index < -0.39 is 11.8 Å². The topological polar surface area (TPSA) is 52.3 Å². The Balaban J connectivity index is 3.16. The minimum atomic E-state index is -0.553. The molecule has 0 aromatic heterocycles. The fourth-order valence-corrected chi connectivity index (χ4v) is 2.07. The van der Waals surface area contributed by atoms with Crippen LogP contribution in [0.1, 0.15) is 24.2 Å². The number of halogens is 1. The second-order valence-electron chi connectivity index (χ2n) is 3.53. The number of carbonyl (C=O) groups excluding carboxylic acids is 1. The number of rotatable bonds is 3. The van der Waals surface area contributed by atoms with Crippen LogP contribution < -0.4 is 5.73 Å². The highest BCUT2D eigenvalue weighted by Crippen LogP contribution is 2.29. The lowest BCUT2D eigenvalue weighted by Gasteiger charge is -2.10. The Morgan fingerprint density at radius 3 is 2.62 bits per heavy atom. The van der Waals surface area contributed by atoms with Gasteiger partial charge in [0.05, 0.1) is 12.7 Å². The van der Waals surface area contributed by atoms with Gasteiger partial charge in [0.25, 0.3) is 0 Å². The summed E-state index contributed by atoms with van der Waals surface area (Å²) in [5.74, 6) is -0.966. The van der Waals surface area contributed by atoms with Crippen LogP contribution in [0.2, 0.25) is 0 Å². The number of nitrogen functional groups attached to an aromatic ring is 1. The Labute approximate surface area is 98.2 Å². The number of nitrogens with two attached hydrogens (primary N) is 1. The standard InChI is InChI=1S/C11H14FNO2S/c1-6(2)16-10-4-7(11(14)15-3)9(13)5-8(10)12/h4-6H,13H2,1-3H3. The molecule has 0 aliphatic carbocycles. The van der Waals surface area contributed by atoms with Crippen LogP contribution in [-0.4, -0.2) is 18.3 Å². The van der Waals surface area contributed by atoms with E-state index in [0.717, 1.165) is 6.07 Å². The van der Waals surface area contributed by atoms with Gasteiger partial charge in [0.2, 0.25) is 0 Å². The lowest BCUT2D eigenvalue weighted by molar-refractivity contribution is 0.0601. The minimum Gasteiger partial charge on any atom is -0.465 e. The van der Waals surface area contributed by atoms with Crippen molar-refractivity contribution in [2.24, 2.45) is 0 Å². The molecular weight excluding hydrogens is 229 g/mol. The van der Waals surface area contributed by atoms with Gasteiger partial charge in [-0.05, 0) is 12.1 Å². The summed E-state index contributed by atoms with van der Waals surface area (Å²) in [5.41, 5.74) is 5.84.